The Bertz CT molecular complexity index is 619. The van der Waals surface area contributed by atoms with Crippen LogP contribution in [0.3, 0.4) is 0 Å². The van der Waals surface area contributed by atoms with Gasteiger partial charge in [-0.3, -0.25) is 0 Å². The van der Waals surface area contributed by atoms with Crippen LogP contribution in [-0.2, 0) is 6.18 Å². The van der Waals surface area contributed by atoms with Crippen molar-refractivity contribution in [3.63, 3.8) is 0 Å². The van der Waals surface area contributed by atoms with Crippen LogP contribution in [0.15, 0.2) is 42.5 Å². The fraction of sp³-hybridized carbons (Fsp3) is 0.200. The van der Waals surface area contributed by atoms with E-state index >= 15 is 0 Å². The van der Waals surface area contributed by atoms with Gasteiger partial charge in [-0.15, -0.1) is 0 Å². The monoisotopic (exact) mass is 301 g/mol. The Morgan fingerprint density at radius 1 is 0.905 bits per heavy atom. The SMILES string of the molecule is CNC(c1ccc(F)cc1)c1ccc(F)c(C(F)(F)F)c1. The summed E-state index contributed by atoms with van der Waals surface area (Å²) in [6.45, 7) is 0. The van der Waals surface area contributed by atoms with Crippen molar-refractivity contribution in [3.05, 3.63) is 70.8 Å². The van der Waals surface area contributed by atoms with Gasteiger partial charge < -0.3 is 5.32 Å². The molecule has 0 aliphatic heterocycles. The predicted octanol–water partition coefficient (Wildman–Crippen LogP) is 4.29. The molecular formula is C15H12F5N. The fourth-order valence-electron chi connectivity index (χ4n) is 2.12. The summed E-state index contributed by atoms with van der Waals surface area (Å²) in [6.07, 6.45) is -4.76. The Morgan fingerprint density at radius 3 is 2.00 bits per heavy atom. The van der Waals surface area contributed by atoms with Crippen LogP contribution in [-0.4, -0.2) is 7.05 Å². The minimum Gasteiger partial charge on any atom is -0.309 e. The zero-order chi connectivity index (χ0) is 15.6. The minimum absolute atomic E-state index is 0.248. The van der Waals surface area contributed by atoms with Gasteiger partial charge in [0.2, 0.25) is 0 Å². The first-order valence-electron chi connectivity index (χ1n) is 6.12. The minimum atomic E-state index is -4.76. The standard InChI is InChI=1S/C15H12F5N/c1-21-14(9-2-5-11(16)6-3-9)10-4-7-13(17)12(8-10)15(18,19)20/h2-8,14,21H,1H3. The van der Waals surface area contributed by atoms with Crippen molar-refractivity contribution in [2.75, 3.05) is 7.05 Å². The van der Waals surface area contributed by atoms with E-state index in [1.165, 1.54) is 30.3 Å². The lowest BCUT2D eigenvalue weighted by atomic mass is 9.97. The largest absolute Gasteiger partial charge is 0.419 e. The summed E-state index contributed by atoms with van der Waals surface area (Å²) in [5.41, 5.74) is -0.487. The lowest BCUT2D eigenvalue weighted by Crippen LogP contribution is -2.19. The van der Waals surface area contributed by atoms with Crippen LogP contribution in [0.5, 0.6) is 0 Å². The van der Waals surface area contributed by atoms with E-state index < -0.39 is 29.4 Å². The summed E-state index contributed by atoms with van der Waals surface area (Å²) in [7, 11) is 1.56. The second-order valence-corrected chi connectivity index (χ2v) is 4.51. The Labute approximate surface area is 118 Å². The van der Waals surface area contributed by atoms with Crippen molar-refractivity contribution in [3.8, 4) is 0 Å². The van der Waals surface area contributed by atoms with E-state index in [1.54, 1.807) is 7.05 Å². The number of halogens is 5. The molecule has 0 amide bonds. The van der Waals surface area contributed by atoms with Gasteiger partial charge >= 0.3 is 6.18 Å². The molecule has 1 unspecified atom stereocenters. The fourth-order valence-corrected chi connectivity index (χ4v) is 2.12. The number of nitrogens with one attached hydrogen (secondary N) is 1. The molecule has 1 nitrogen and oxygen atoms in total. The van der Waals surface area contributed by atoms with Crippen molar-refractivity contribution in [2.45, 2.75) is 12.2 Å². The summed E-state index contributed by atoms with van der Waals surface area (Å²) in [6, 6.07) is 7.59. The van der Waals surface area contributed by atoms with E-state index in [4.69, 9.17) is 0 Å². The molecular weight excluding hydrogens is 289 g/mol. The zero-order valence-electron chi connectivity index (χ0n) is 11.0. The van der Waals surface area contributed by atoms with Crippen molar-refractivity contribution >= 4 is 0 Å². The summed E-state index contributed by atoms with van der Waals surface area (Å²) in [4.78, 5) is 0. The summed E-state index contributed by atoms with van der Waals surface area (Å²) in [5.74, 6) is -1.76. The number of rotatable bonds is 3. The van der Waals surface area contributed by atoms with Gasteiger partial charge in [0.05, 0.1) is 11.6 Å². The molecule has 2 rings (SSSR count). The Kier molecular flexibility index (Phi) is 4.27. The molecule has 21 heavy (non-hydrogen) atoms. The summed E-state index contributed by atoms with van der Waals surface area (Å²) >= 11 is 0. The first-order chi connectivity index (χ1) is 9.82. The third kappa shape index (κ3) is 3.39. The van der Waals surface area contributed by atoms with E-state index in [1.807, 2.05) is 0 Å². The van der Waals surface area contributed by atoms with E-state index in [0.717, 1.165) is 12.1 Å². The highest BCUT2D eigenvalue weighted by Crippen LogP contribution is 2.34. The third-order valence-corrected chi connectivity index (χ3v) is 3.12. The van der Waals surface area contributed by atoms with Crippen LogP contribution in [0.4, 0.5) is 22.0 Å². The van der Waals surface area contributed by atoms with Crippen LogP contribution in [0, 0.1) is 11.6 Å². The summed E-state index contributed by atoms with van der Waals surface area (Å²) in [5, 5.41) is 2.84. The second kappa shape index (κ2) is 5.81. The molecule has 0 aliphatic carbocycles. The van der Waals surface area contributed by atoms with Gasteiger partial charge in [0.1, 0.15) is 11.6 Å². The number of benzene rings is 2. The molecule has 0 bridgehead atoms. The maximum absolute atomic E-state index is 13.3. The second-order valence-electron chi connectivity index (χ2n) is 4.51. The van der Waals surface area contributed by atoms with Crippen LogP contribution in [0.2, 0.25) is 0 Å². The lowest BCUT2D eigenvalue weighted by molar-refractivity contribution is -0.140. The molecule has 0 saturated heterocycles. The van der Waals surface area contributed by atoms with E-state index in [9.17, 15) is 22.0 Å². The summed E-state index contributed by atoms with van der Waals surface area (Å²) < 4.78 is 64.4. The highest BCUT2D eigenvalue weighted by atomic mass is 19.4. The maximum atomic E-state index is 13.3. The molecule has 0 aliphatic rings. The van der Waals surface area contributed by atoms with Crippen LogP contribution in [0.1, 0.15) is 22.7 Å². The van der Waals surface area contributed by atoms with Gasteiger partial charge in [0.15, 0.2) is 0 Å². The molecule has 112 valence electrons. The molecule has 2 aromatic carbocycles. The highest BCUT2D eigenvalue weighted by Gasteiger charge is 2.34. The molecule has 0 heterocycles. The van der Waals surface area contributed by atoms with Gasteiger partial charge in [-0.1, -0.05) is 18.2 Å². The van der Waals surface area contributed by atoms with Crippen molar-refractivity contribution in [1.29, 1.82) is 0 Å². The Hall–Kier alpha value is -1.95. The lowest BCUT2D eigenvalue weighted by Gasteiger charge is -2.19. The Balaban J connectivity index is 2.46. The van der Waals surface area contributed by atoms with Gasteiger partial charge in [0.25, 0.3) is 0 Å². The first kappa shape index (κ1) is 15.4. The quantitative estimate of drug-likeness (QED) is 0.834. The zero-order valence-corrected chi connectivity index (χ0v) is 11.0. The van der Waals surface area contributed by atoms with Gasteiger partial charge in [-0.25, -0.2) is 8.78 Å². The number of hydrogen-bond acceptors (Lipinski definition) is 1. The number of alkyl halides is 3. The molecule has 0 spiro atoms. The van der Waals surface area contributed by atoms with Crippen molar-refractivity contribution < 1.29 is 22.0 Å². The van der Waals surface area contributed by atoms with Gasteiger partial charge in [0, 0.05) is 0 Å². The maximum Gasteiger partial charge on any atom is 0.419 e. The Morgan fingerprint density at radius 2 is 1.48 bits per heavy atom. The van der Waals surface area contributed by atoms with Gasteiger partial charge in [-0.05, 0) is 42.4 Å². The third-order valence-electron chi connectivity index (χ3n) is 3.12. The topological polar surface area (TPSA) is 12.0 Å². The predicted molar refractivity (Wildman–Crippen MR) is 68.7 cm³/mol. The molecule has 0 aromatic heterocycles. The normalized spacial score (nSPS) is 13.2. The van der Waals surface area contributed by atoms with Gasteiger partial charge in [-0.2, -0.15) is 13.2 Å². The van der Waals surface area contributed by atoms with Crippen molar-refractivity contribution in [2.24, 2.45) is 0 Å². The van der Waals surface area contributed by atoms with E-state index in [2.05, 4.69) is 5.32 Å². The van der Waals surface area contributed by atoms with Crippen LogP contribution < -0.4 is 5.32 Å². The van der Waals surface area contributed by atoms with E-state index in [-0.39, 0.29) is 5.56 Å². The molecule has 1 atom stereocenters. The average Bonchev–Trinajstić information content (AvgIpc) is 2.42. The van der Waals surface area contributed by atoms with Crippen LogP contribution >= 0.6 is 0 Å². The molecule has 0 fully saturated rings. The first-order valence-corrected chi connectivity index (χ1v) is 6.12. The number of hydrogen-bond donors (Lipinski definition) is 1. The highest BCUT2D eigenvalue weighted by molar-refractivity contribution is 5.36. The molecule has 6 heteroatoms. The van der Waals surface area contributed by atoms with Crippen molar-refractivity contribution in [1.82, 2.24) is 5.32 Å². The van der Waals surface area contributed by atoms with Crippen LogP contribution in [0.25, 0.3) is 0 Å². The molecule has 2 aromatic rings. The smallest absolute Gasteiger partial charge is 0.309 e. The molecule has 0 saturated carbocycles. The molecule has 0 radical (unpaired) electrons. The van der Waals surface area contributed by atoms with E-state index in [0.29, 0.717) is 5.56 Å². The average molecular weight is 301 g/mol. The molecule has 1 N–H and O–H groups in total.